The zero-order chi connectivity index (χ0) is 18.2. The summed E-state index contributed by atoms with van der Waals surface area (Å²) in [4.78, 5) is 14.3. The SMILES string of the molecule is C=CCCC(=O)N1CCOC(CC(c2ccccc2)c2ccccc2)C1. The summed E-state index contributed by atoms with van der Waals surface area (Å²) in [5.74, 6) is 0.472. The maximum atomic E-state index is 12.4. The van der Waals surface area contributed by atoms with Gasteiger partial charge in [0.05, 0.1) is 12.7 Å². The van der Waals surface area contributed by atoms with Crippen LogP contribution in [0.2, 0.25) is 0 Å². The summed E-state index contributed by atoms with van der Waals surface area (Å²) in [7, 11) is 0. The second-order valence-corrected chi connectivity index (χ2v) is 6.77. The molecule has 3 heteroatoms. The topological polar surface area (TPSA) is 29.5 Å². The zero-order valence-electron chi connectivity index (χ0n) is 15.2. The lowest BCUT2D eigenvalue weighted by Gasteiger charge is -2.35. The maximum Gasteiger partial charge on any atom is 0.223 e. The molecular formula is C23H27NO2. The van der Waals surface area contributed by atoms with Crippen LogP contribution < -0.4 is 0 Å². The van der Waals surface area contributed by atoms with E-state index in [1.807, 2.05) is 17.0 Å². The van der Waals surface area contributed by atoms with E-state index < -0.39 is 0 Å². The van der Waals surface area contributed by atoms with Crippen LogP contribution in [0.5, 0.6) is 0 Å². The van der Waals surface area contributed by atoms with Crippen molar-refractivity contribution in [3.63, 3.8) is 0 Å². The van der Waals surface area contributed by atoms with Crippen LogP contribution in [-0.4, -0.2) is 36.6 Å². The van der Waals surface area contributed by atoms with Gasteiger partial charge in [0.2, 0.25) is 5.91 Å². The molecule has 2 aromatic carbocycles. The van der Waals surface area contributed by atoms with Gasteiger partial charge in [-0.15, -0.1) is 6.58 Å². The Bertz CT molecular complexity index is 659. The number of morpholine rings is 1. The molecule has 0 aromatic heterocycles. The molecule has 136 valence electrons. The first kappa shape index (κ1) is 18.4. The summed E-state index contributed by atoms with van der Waals surface area (Å²) in [5.41, 5.74) is 2.58. The van der Waals surface area contributed by atoms with Gasteiger partial charge in [0.25, 0.3) is 0 Å². The number of carbonyl (C=O) groups excluding carboxylic acids is 1. The first-order valence-corrected chi connectivity index (χ1v) is 9.38. The van der Waals surface area contributed by atoms with Gasteiger partial charge < -0.3 is 9.64 Å². The molecule has 1 heterocycles. The number of hydrogen-bond donors (Lipinski definition) is 0. The minimum atomic E-state index is 0.0573. The molecule has 26 heavy (non-hydrogen) atoms. The summed E-state index contributed by atoms with van der Waals surface area (Å²) in [6.07, 6.45) is 4.01. The minimum Gasteiger partial charge on any atom is -0.375 e. The Labute approximate surface area is 156 Å². The molecule has 0 bridgehead atoms. The predicted molar refractivity (Wildman–Crippen MR) is 105 cm³/mol. The minimum absolute atomic E-state index is 0.0573. The average Bonchev–Trinajstić information content (AvgIpc) is 2.71. The largest absolute Gasteiger partial charge is 0.375 e. The van der Waals surface area contributed by atoms with Crippen LogP contribution in [-0.2, 0) is 9.53 Å². The summed E-state index contributed by atoms with van der Waals surface area (Å²) >= 11 is 0. The lowest BCUT2D eigenvalue weighted by molar-refractivity contribution is -0.139. The zero-order valence-corrected chi connectivity index (χ0v) is 15.2. The molecule has 0 radical (unpaired) electrons. The van der Waals surface area contributed by atoms with Crippen molar-refractivity contribution in [3.8, 4) is 0 Å². The lowest BCUT2D eigenvalue weighted by Crippen LogP contribution is -2.46. The molecule has 1 saturated heterocycles. The third-order valence-corrected chi connectivity index (χ3v) is 4.96. The van der Waals surface area contributed by atoms with Gasteiger partial charge in [-0.3, -0.25) is 4.79 Å². The smallest absolute Gasteiger partial charge is 0.223 e. The molecule has 1 unspecified atom stereocenters. The lowest BCUT2D eigenvalue weighted by atomic mass is 9.86. The molecule has 1 fully saturated rings. The van der Waals surface area contributed by atoms with Crippen molar-refractivity contribution in [1.29, 1.82) is 0 Å². The normalized spacial score (nSPS) is 17.3. The highest BCUT2D eigenvalue weighted by Gasteiger charge is 2.27. The standard InChI is InChI=1S/C23H27NO2/c1-2-3-14-23(25)24-15-16-26-21(18-24)17-22(19-10-6-4-7-11-19)20-12-8-5-9-13-20/h2,4-13,21-22H,1,3,14-18H2. The highest BCUT2D eigenvalue weighted by Crippen LogP contribution is 2.30. The number of hydrogen-bond acceptors (Lipinski definition) is 2. The number of benzene rings is 2. The monoisotopic (exact) mass is 349 g/mol. The number of amides is 1. The molecule has 1 aliphatic heterocycles. The highest BCUT2D eigenvalue weighted by molar-refractivity contribution is 5.76. The first-order chi connectivity index (χ1) is 12.8. The fraction of sp³-hybridized carbons (Fsp3) is 0.348. The molecule has 0 N–H and O–H groups in total. The molecule has 2 aromatic rings. The second kappa shape index (κ2) is 9.35. The van der Waals surface area contributed by atoms with Gasteiger partial charge in [-0.05, 0) is 24.0 Å². The first-order valence-electron chi connectivity index (χ1n) is 9.38. The van der Waals surface area contributed by atoms with Crippen LogP contribution in [0.4, 0.5) is 0 Å². The molecular weight excluding hydrogens is 322 g/mol. The van der Waals surface area contributed by atoms with Crippen LogP contribution in [0.25, 0.3) is 0 Å². The van der Waals surface area contributed by atoms with Crippen LogP contribution in [0.3, 0.4) is 0 Å². The number of nitrogens with zero attached hydrogens (tertiary/aromatic N) is 1. The Balaban J connectivity index is 1.72. The van der Waals surface area contributed by atoms with Crippen LogP contribution in [0.1, 0.15) is 36.3 Å². The summed E-state index contributed by atoms with van der Waals surface area (Å²) in [5, 5.41) is 0. The van der Waals surface area contributed by atoms with Crippen molar-refractivity contribution in [1.82, 2.24) is 4.90 Å². The van der Waals surface area contributed by atoms with Crippen molar-refractivity contribution >= 4 is 5.91 Å². The molecule has 1 atom stereocenters. The fourth-order valence-electron chi connectivity index (χ4n) is 3.57. The summed E-state index contributed by atoms with van der Waals surface area (Å²) in [6.45, 7) is 5.68. The quantitative estimate of drug-likeness (QED) is 0.693. The fourth-order valence-corrected chi connectivity index (χ4v) is 3.57. The number of rotatable bonds is 7. The van der Waals surface area contributed by atoms with Crippen LogP contribution in [0, 0.1) is 0 Å². The molecule has 3 rings (SSSR count). The van der Waals surface area contributed by atoms with Crippen molar-refractivity contribution < 1.29 is 9.53 Å². The predicted octanol–water partition coefficient (Wildman–Crippen LogP) is 4.40. The molecule has 0 aliphatic carbocycles. The molecule has 0 spiro atoms. The Morgan fingerprint density at radius 1 is 1.12 bits per heavy atom. The number of allylic oxidation sites excluding steroid dienone is 1. The van der Waals surface area contributed by atoms with Gasteiger partial charge in [0.15, 0.2) is 0 Å². The Morgan fingerprint density at radius 3 is 2.31 bits per heavy atom. The van der Waals surface area contributed by atoms with E-state index in [0.29, 0.717) is 26.1 Å². The van der Waals surface area contributed by atoms with Crippen LogP contribution >= 0.6 is 0 Å². The van der Waals surface area contributed by atoms with Crippen molar-refractivity contribution in [2.75, 3.05) is 19.7 Å². The van der Waals surface area contributed by atoms with Gasteiger partial charge in [0, 0.05) is 25.4 Å². The second-order valence-electron chi connectivity index (χ2n) is 6.77. The van der Waals surface area contributed by atoms with E-state index in [9.17, 15) is 4.79 Å². The molecule has 0 saturated carbocycles. The third kappa shape index (κ3) is 4.83. The third-order valence-electron chi connectivity index (χ3n) is 4.96. The maximum absolute atomic E-state index is 12.4. The highest BCUT2D eigenvalue weighted by atomic mass is 16.5. The molecule has 1 aliphatic rings. The van der Waals surface area contributed by atoms with Gasteiger partial charge in [-0.2, -0.15) is 0 Å². The van der Waals surface area contributed by atoms with Crippen molar-refractivity contribution in [3.05, 3.63) is 84.4 Å². The van der Waals surface area contributed by atoms with Crippen LogP contribution in [0.15, 0.2) is 73.3 Å². The molecule has 1 amide bonds. The number of ether oxygens (including phenoxy) is 1. The Hall–Kier alpha value is -2.39. The van der Waals surface area contributed by atoms with Crippen molar-refractivity contribution in [2.24, 2.45) is 0 Å². The van der Waals surface area contributed by atoms with Gasteiger partial charge in [-0.25, -0.2) is 0 Å². The van der Waals surface area contributed by atoms with E-state index >= 15 is 0 Å². The van der Waals surface area contributed by atoms with E-state index in [4.69, 9.17) is 4.74 Å². The average molecular weight is 349 g/mol. The summed E-state index contributed by atoms with van der Waals surface area (Å²) < 4.78 is 6.02. The van der Waals surface area contributed by atoms with E-state index in [2.05, 4.69) is 55.1 Å². The van der Waals surface area contributed by atoms with E-state index in [1.165, 1.54) is 11.1 Å². The van der Waals surface area contributed by atoms with E-state index in [0.717, 1.165) is 12.8 Å². The molecule has 3 nitrogen and oxygen atoms in total. The number of carbonyl (C=O) groups is 1. The van der Waals surface area contributed by atoms with Gasteiger partial charge >= 0.3 is 0 Å². The van der Waals surface area contributed by atoms with E-state index in [-0.39, 0.29) is 17.9 Å². The van der Waals surface area contributed by atoms with Crippen molar-refractivity contribution in [2.45, 2.75) is 31.3 Å². The van der Waals surface area contributed by atoms with E-state index in [1.54, 1.807) is 6.08 Å². The summed E-state index contributed by atoms with van der Waals surface area (Å²) in [6, 6.07) is 21.1. The Kier molecular flexibility index (Phi) is 6.62. The van der Waals surface area contributed by atoms with Gasteiger partial charge in [0.1, 0.15) is 0 Å². The Morgan fingerprint density at radius 2 is 1.73 bits per heavy atom. The van der Waals surface area contributed by atoms with Gasteiger partial charge in [-0.1, -0.05) is 66.7 Å².